The molecule has 1 N–H and O–H groups in total. The Kier molecular flexibility index (Phi) is 4.92. The highest BCUT2D eigenvalue weighted by molar-refractivity contribution is 5.75. The summed E-state index contributed by atoms with van der Waals surface area (Å²) in [4.78, 5) is 11.0. The van der Waals surface area contributed by atoms with E-state index in [0.717, 1.165) is 5.56 Å². The number of esters is 1. The minimum atomic E-state index is -1.99. The molecular formula is C12H15FO3. The molecule has 16 heavy (non-hydrogen) atoms. The second-order valence-electron chi connectivity index (χ2n) is 3.41. The van der Waals surface area contributed by atoms with Crippen LogP contribution >= 0.6 is 0 Å². The maximum Gasteiger partial charge on any atom is 0.343 e. The highest BCUT2D eigenvalue weighted by Gasteiger charge is 2.27. The van der Waals surface area contributed by atoms with Crippen LogP contribution < -0.4 is 0 Å². The molecule has 2 atom stereocenters. The van der Waals surface area contributed by atoms with Gasteiger partial charge in [-0.1, -0.05) is 30.3 Å². The number of carbonyl (C=O) groups excluding carboxylic acids is 1. The Morgan fingerprint density at radius 1 is 1.44 bits per heavy atom. The van der Waals surface area contributed by atoms with E-state index < -0.39 is 18.2 Å². The van der Waals surface area contributed by atoms with E-state index in [2.05, 4.69) is 4.74 Å². The molecule has 2 unspecified atom stereocenters. The zero-order valence-electron chi connectivity index (χ0n) is 9.10. The Balaban J connectivity index is 2.52. The van der Waals surface area contributed by atoms with Crippen molar-refractivity contribution in [2.75, 3.05) is 6.61 Å². The van der Waals surface area contributed by atoms with Crippen molar-refractivity contribution in [2.24, 2.45) is 0 Å². The lowest BCUT2D eigenvalue weighted by atomic mass is 10.0. The number of rotatable bonds is 5. The smallest absolute Gasteiger partial charge is 0.343 e. The summed E-state index contributed by atoms with van der Waals surface area (Å²) >= 11 is 0. The maximum atomic E-state index is 13.3. The Morgan fingerprint density at radius 3 is 2.62 bits per heavy atom. The van der Waals surface area contributed by atoms with Crippen LogP contribution in [0.1, 0.15) is 12.5 Å². The number of hydrogen-bond donors (Lipinski definition) is 1. The Bertz CT molecular complexity index is 326. The molecule has 4 heteroatoms. The van der Waals surface area contributed by atoms with Gasteiger partial charge in [0.1, 0.15) is 6.10 Å². The quantitative estimate of drug-likeness (QED) is 0.774. The fraction of sp³-hybridized carbons (Fsp3) is 0.417. The summed E-state index contributed by atoms with van der Waals surface area (Å²) in [6.45, 7) is 1.70. The van der Waals surface area contributed by atoms with Crippen LogP contribution in [0, 0.1) is 0 Å². The maximum absolute atomic E-state index is 13.3. The van der Waals surface area contributed by atoms with Crippen molar-refractivity contribution in [3.63, 3.8) is 0 Å². The Hall–Kier alpha value is -1.42. The van der Waals surface area contributed by atoms with Crippen molar-refractivity contribution in [2.45, 2.75) is 25.6 Å². The highest BCUT2D eigenvalue weighted by Crippen LogP contribution is 2.09. The predicted octanol–water partition coefficient (Wildman–Crippen LogP) is 1.49. The third-order valence-corrected chi connectivity index (χ3v) is 2.14. The van der Waals surface area contributed by atoms with E-state index in [1.807, 2.05) is 6.07 Å². The van der Waals surface area contributed by atoms with Crippen molar-refractivity contribution in [3.05, 3.63) is 35.9 Å². The van der Waals surface area contributed by atoms with Crippen molar-refractivity contribution in [1.82, 2.24) is 0 Å². The second-order valence-corrected chi connectivity index (χ2v) is 3.41. The number of hydrogen-bond acceptors (Lipinski definition) is 3. The van der Waals surface area contributed by atoms with Crippen LogP contribution in [-0.4, -0.2) is 30.0 Å². The van der Waals surface area contributed by atoms with Gasteiger partial charge in [-0.15, -0.1) is 0 Å². The first-order valence-electron chi connectivity index (χ1n) is 5.17. The largest absolute Gasteiger partial charge is 0.464 e. The average Bonchev–Trinajstić information content (AvgIpc) is 2.29. The van der Waals surface area contributed by atoms with Crippen LogP contribution in [0.4, 0.5) is 4.39 Å². The molecule has 1 rings (SSSR count). The van der Waals surface area contributed by atoms with E-state index in [4.69, 9.17) is 0 Å². The van der Waals surface area contributed by atoms with Crippen LogP contribution in [0.3, 0.4) is 0 Å². The molecule has 0 radical (unpaired) electrons. The first kappa shape index (κ1) is 12.6. The van der Waals surface area contributed by atoms with Gasteiger partial charge in [0.25, 0.3) is 0 Å². The standard InChI is InChI=1S/C12H15FO3/c1-2-16-12(15)11(13)10(14)8-9-6-4-3-5-7-9/h3-7,10-11,14H,2,8H2,1H3. The van der Waals surface area contributed by atoms with Gasteiger partial charge in [0.05, 0.1) is 6.61 Å². The summed E-state index contributed by atoms with van der Waals surface area (Å²) < 4.78 is 17.8. The minimum absolute atomic E-state index is 0.0980. The van der Waals surface area contributed by atoms with Crippen LogP contribution in [-0.2, 0) is 16.0 Å². The third-order valence-electron chi connectivity index (χ3n) is 2.14. The molecule has 0 amide bonds. The molecule has 0 aliphatic heterocycles. The molecule has 1 aromatic rings. The number of ether oxygens (including phenoxy) is 1. The number of carbonyl (C=O) groups is 1. The molecule has 0 saturated heterocycles. The van der Waals surface area contributed by atoms with E-state index in [1.165, 1.54) is 0 Å². The lowest BCUT2D eigenvalue weighted by Gasteiger charge is -2.14. The SMILES string of the molecule is CCOC(=O)C(F)C(O)Cc1ccccc1. The molecule has 0 saturated carbocycles. The summed E-state index contributed by atoms with van der Waals surface area (Å²) in [6, 6.07) is 8.94. The van der Waals surface area contributed by atoms with Crippen molar-refractivity contribution in [1.29, 1.82) is 0 Å². The van der Waals surface area contributed by atoms with E-state index in [-0.39, 0.29) is 13.0 Å². The highest BCUT2D eigenvalue weighted by atomic mass is 19.1. The van der Waals surface area contributed by atoms with Crippen molar-refractivity contribution >= 4 is 5.97 Å². The van der Waals surface area contributed by atoms with Gasteiger partial charge in [-0.25, -0.2) is 9.18 Å². The van der Waals surface area contributed by atoms with E-state index in [0.29, 0.717) is 0 Å². The van der Waals surface area contributed by atoms with Crippen LogP contribution in [0.25, 0.3) is 0 Å². The summed E-state index contributed by atoms with van der Waals surface area (Å²) in [5.74, 6) is -1.01. The molecule has 0 spiro atoms. The van der Waals surface area contributed by atoms with E-state index in [1.54, 1.807) is 31.2 Å². The number of benzene rings is 1. The molecule has 0 fully saturated rings. The number of aliphatic hydroxyl groups excluding tert-OH is 1. The normalized spacial score (nSPS) is 14.2. The Labute approximate surface area is 93.9 Å². The van der Waals surface area contributed by atoms with Gasteiger partial charge in [0.15, 0.2) is 0 Å². The minimum Gasteiger partial charge on any atom is -0.464 e. The van der Waals surface area contributed by atoms with Gasteiger partial charge in [-0.3, -0.25) is 0 Å². The van der Waals surface area contributed by atoms with Gasteiger partial charge in [0.2, 0.25) is 6.17 Å². The molecule has 1 aromatic carbocycles. The summed E-state index contributed by atoms with van der Waals surface area (Å²) in [6.07, 6.45) is -3.25. The van der Waals surface area contributed by atoms with Gasteiger partial charge in [-0.05, 0) is 12.5 Å². The molecule has 0 bridgehead atoms. The van der Waals surface area contributed by atoms with Gasteiger partial charge in [-0.2, -0.15) is 0 Å². The predicted molar refractivity (Wildman–Crippen MR) is 57.7 cm³/mol. The number of alkyl halides is 1. The molecule has 0 aliphatic carbocycles. The van der Waals surface area contributed by atoms with E-state index >= 15 is 0 Å². The summed E-state index contributed by atoms with van der Waals surface area (Å²) in [7, 11) is 0. The van der Waals surface area contributed by atoms with E-state index in [9.17, 15) is 14.3 Å². The van der Waals surface area contributed by atoms with Crippen molar-refractivity contribution < 1.29 is 19.0 Å². The molecule has 0 heterocycles. The van der Waals surface area contributed by atoms with Crippen LogP contribution in [0.15, 0.2) is 30.3 Å². The number of aliphatic hydroxyl groups is 1. The van der Waals surface area contributed by atoms with Gasteiger partial charge < -0.3 is 9.84 Å². The fourth-order valence-electron chi connectivity index (χ4n) is 1.34. The lowest BCUT2D eigenvalue weighted by molar-refractivity contribution is -0.153. The van der Waals surface area contributed by atoms with Crippen LogP contribution in [0.5, 0.6) is 0 Å². The van der Waals surface area contributed by atoms with Crippen molar-refractivity contribution in [3.8, 4) is 0 Å². The first-order chi connectivity index (χ1) is 7.65. The fourth-order valence-corrected chi connectivity index (χ4v) is 1.34. The summed E-state index contributed by atoms with van der Waals surface area (Å²) in [5.41, 5.74) is 0.780. The molecule has 0 aliphatic rings. The summed E-state index contributed by atoms with van der Waals surface area (Å²) in [5, 5.41) is 9.49. The van der Waals surface area contributed by atoms with Crippen LogP contribution in [0.2, 0.25) is 0 Å². The molecule has 0 aromatic heterocycles. The topological polar surface area (TPSA) is 46.5 Å². The zero-order chi connectivity index (χ0) is 12.0. The molecular weight excluding hydrogens is 211 g/mol. The Morgan fingerprint density at radius 2 is 2.06 bits per heavy atom. The molecule has 88 valence electrons. The van der Waals surface area contributed by atoms with Gasteiger partial charge in [0, 0.05) is 6.42 Å². The zero-order valence-corrected chi connectivity index (χ0v) is 9.10. The average molecular weight is 226 g/mol. The first-order valence-corrected chi connectivity index (χ1v) is 5.17. The second kappa shape index (κ2) is 6.23. The monoisotopic (exact) mass is 226 g/mol. The number of halogens is 1. The van der Waals surface area contributed by atoms with Gasteiger partial charge >= 0.3 is 5.97 Å². The lowest BCUT2D eigenvalue weighted by Crippen LogP contribution is -2.33. The molecule has 3 nitrogen and oxygen atoms in total. The third kappa shape index (κ3) is 3.62.